The third-order valence-corrected chi connectivity index (χ3v) is 4.98. The first kappa shape index (κ1) is 12.2. The summed E-state index contributed by atoms with van der Waals surface area (Å²) in [5.41, 5.74) is 3.43. The predicted octanol–water partition coefficient (Wildman–Crippen LogP) is 3.39. The average molecular weight is 200 g/mol. The van der Waals surface area contributed by atoms with E-state index in [1.165, 1.54) is 18.5 Å². The maximum absolute atomic E-state index is 3.43. The molecule has 0 amide bonds. The van der Waals surface area contributed by atoms with E-state index in [2.05, 4.69) is 45.0 Å². The van der Waals surface area contributed by atoms with Gasteiger partial charge in [-0.05, 0) is 12.3 Å². The van der Waals surface area contributed by atoms with Crippen LogP contribution in [0.2, 0.25) is 19.6 Å². The Morgan fingerprint density at radius 3 is 1.92 bits per heavy atom. The highest BCUT2D eigenvalue weighted by Crippen LogP contribution is 2.32. The van der Waals surface area contributed by atoms with Gasteiger partial charge in [0.05, 0.1) is 0 Å². The van der Waals surface area contributed by atoms with Gasteiger partial charge in [-0.2, -0.15) is 0 Å². The SMILES string of the molecule is CCP(CC)CC#C[Si](C)(C)C. The van der Waals surface area contributed by atoms with Crippen LogP contribution in [0.25, 0.3) is 0 Å². The van der Waals surface area contributed by atoms with Gasteiger partial charge < -0.3 is 0 Å². The zero-order chi connectivity index (χ0) is 9.61. The minimum atomic E-state index is -1.10. The fraction of sp³-hybridized carbons (Fsp3) is 0.800. The molecule has 0 saturated carbocycles. The summed E-state index contributed by atoms with van der Waals surface area (Å²) in [5, 5.41) is 0. The van der Waals surface area contributed by atoms with Crippen molar-refractivity contribution in [3.05, 3.63) is 0 Å². The second-order valence-corrected chi connectivity index (χ2v) is 11.7. The summed E-state index contributed by atoms with van der Waals surface area (Å²) < 4.78 is 0. The van der Waals surface area contributed by atoms with Crippen LogP contribution in [0, 0.1) is 11.5 Å². The molecule has 2 heteroatoms. The zero-order valence-corrected chi connectivity index (χ0v) is 11.0. The minimum Gasteiger partial charge on any atom is -0.132 e. The van der Waals surface area contributed by atoms with Crippen LogP contribution in [0.5, 0.6) is 0 Å². The number of hydrogen-bond acceptors (Lipinski definition) is 0. The van der Waals surface area contributed by atoms with Gasteiger partial charge in [0, 0.05) is 6.16 Å². The van der Waals surface area contributed by atoms with E-state index in [-0.39, 0.29) is 7.92 Å². The fourth-order valence-electron chi connectivity index (χ4n) is 0.864. The van der Waals surface area contributed by atoms with E-state index >= 15 is 0 Å². The van der Waals surface area contributed by atoms with Crippen LogP contribution in [0.3, 0.4) is 0 Å². The summed E-state index contributed by atoms with van der Waals surface area (Å²) in [6.07, 6.45) is 3.85. The van der Waals surface area contributed by atoms with Crippen LogP contribution >= 0.6 is 7.92 Å². The van der Waals surface area contributed by atoms with Crippen LogP contribution in [0.1, 0.15) is 13.8 Å². The molecule has 0 spiro atoms. The Labute approximate surface area is 79.9 Å². The average Bonchev–Trinajstić information content (AvgIpc) is 1.96. The van der Waals surface area contributed by atoms with Gasteiger partial charge in [0.15, 0.2) is 0 Å². The Bertz CT molecular complexity index is 167. The van der Waals surface area contributed by atoms with E-state index in [1.54, 1.807) is 0 Å². The third kappa shape index (κ3) is 6.89. The molecule has 70 valence electrons. The van der Waals surface area contributed by atoms with Gasteiger partial charge in [0.2, 0.25) is 0 Å². The molecule has 0 radical (unpaired) electrons. The first-order valence-corrected chi connectivity index (χ1v) is 10.1. The first-order chi connectivity index (χ1) is 5.49. The van der Waals surface area contributed by atoms with Gasteiger partial charge in [0.25, 0.3) is 0 Å². The normalized spacial score (nSPS) is 11.2. The lowest BCUT2D eigenvalue weighted by Crippen LogP contribution is -2.16. The lowest BCUT2D eigenvalue weighted by atomic mass is 10.8. The Hall–Kier alpha value is 0.207. The summed E-state index contributed by atoms with van der Waals surface area (Å²) in [6.45, 7) is 11.5. The highest BCUT2D eigenvalue weighted by molar-refractivity contribution is 7.57. The van der Waals surface area contributed by atoms with Crippen molar-refractivity contribution in [3.63, 3.8) is 0 Å². The molecule has 0 nitrogen and oxygen atoms in total. The van der Waals surface area contributed by atoms with Crippen molar-refractivity contribution in [1.82, 2.24) is 0 Å². The molecule has 0 bridgehead atoms. The Morgan fingerprint density at radius 1 is 1.08 bits per heavy atom. The van der Waals surface area contributed by atoms with E-state index < -0.39 is 8.07 Å². The lowest BCUT2D eigenvalue weighted by molar-refractivity contribution is 1.40. The molecule has 0 saturated heterocycles. The summed E-state index contributed by atoms with van der Waals surface area (Å²) in [6, 6.07) is 0. The maximum atomic E-state index is 3.43. The molecule has 0 rings (SSSR count). The van der Waals surface area contributed by atoms with Crippen molar-refractivity contribution in [2.75, 3.05) is 18.5 Å². The summed E-state index contributed by atoms with van der Waals surface area (Å²) in [5.74, 6) is 3.37. The number of rotatable bonds is 3. The van der Waals surface area contributed by atoms with Crippen LogP contribution in [-0.2, 0) is 0 Å². The van der Waals surface area contributed by atoms with Crippen LogP contribution in [0.4, 0.5) is 0 Å². The van der Waals surface area contributed by atoms with E-state index in [4.69, 9.17) is 0 Å². The largest absolute Gasteiger partial charge is 0.132 e. The van der Waals surface area contributed by atoms with Gasteiger partial charge in [-0.3, -0.25) is 0 Å². The number of hydrogen-bond donors (Lipinski definition) is 0. The minimum absolute atomic E-state index is 0.239. The van der Waals surface area contributed by atoms with E-state index in [0.29, 0.717) is 0 Å². The van der Waals surface area contributed by atoms with Gasteiger partial charge in [-0.25, -0.2) is 0 Å². The third-order valence-electron chi connectivity index (χ3n) is 1.66. The Balaban J connectivity index is 3.84. The van der Waals surface area contributed by atoms with E-state index in [1.807, 2.05) is 0 Å². The van der Waals surface area contributed by atoms with Crippen LogP contribution < -0.4 is 0 Å². The summed E-state index contributed by atoms with van der Waals surface area (Å²) in [7, 11) is -0.861. The molecule has 0 aliphatic heterocycles. The van der Waals surface area contributed by atoms with Crippen molar-refractivity contribution in [3.8, 4) is 11.5 Å². The second kappa shape index (κ2) is 5.78. The van der Waals surface area contributed by atoms with Gasteiger partial charge in [-0.15, -0.1) is 11.5 Å². The smallest absolute Gasteiger partial charge is 0.129 e. The van der Waals surface area contributed by atoms with E-state index in [9.17, 15) is 0 Å². The molecule has 0 fully saturated rings. The molecule has 0 atom stereocenters. The highest BCUT2D eigenvalue weighted by Gasteiger charge is 2.07. The molecule has 0 unspecified atom stereocenters. The Kier molecular flexibility index (Phi) is 5.88. The molecule has 0 N–H and O–H groups in total. The molecule has 0 aromatic carbocycles. The molecule has 0 aromatic heterocycles. The molecular formula is C10H21PSi. The van der Waals surface area contributed by atoms with Gasteiger partial charge in [-0.1, -0.05) is 41.4 Å². The topological polar surface area (TPSA) is 0 Å². The molecule has 0 aliphatic carbocycles. The molecule has 0 aliphatic rings. The summed E-state index contributed by atoms with van der Waals surface area (Å²) in [4.78, 5) is 0. The van der Waals surface area contributed by atoms with Crippen LogP contribution in [-0.4, -0.2) is 26.6 Å². The maximum Gasteiger partial charge on any atom is 0.129 e. The predicted molar refractivity (Wildman–Crippen MR) is 64.0 cm³/mol. The molecule has 0 aromatic rings. The fourth-order valence-corrected chi connectivity index (χ4v) is 2.83. The van der Waals surface area contributed by atoms with Crippen molar-refractivity contribution in [1.29, 1.82) is 0 Å². The second-order valence-electron chi connectivity index (χ2n) is 4.01. The van der Waals surface area contributed by atoms with Crippen molar-refractivity contribution in [2.24, 2.45) is 0 Å². The lowest BCUT2D eigenvalue weighted by Gasteiger charge is -2.09. The zero-order valence-electron chi connectivity index (χ0n) is 9.07. The van der Waals surface area contributed by atoms with E-state index in [0.717, 1.165) is 0 Å². The molecule has 0 heterocycles. The standard InChI is InChI=1S/C10H21PSi/c1-6-11(7-2)9-8-10-12(3,4)5/h6-7,9H2,1-5H3. The van der Waals surface area contributed by atoms with Crippen LogP contribution in [0.15, 0.2) is 0 Å². The van der Waals surface area contributed by atoms with Crippen molar-refractivity contribution < 1.29 is 0 Å². The molecule has 12 heavy (non-hydrogen) atoms. The van der Waals surface area contributed by atoms with Crippen molar-refractivity contribution in [2.45, 2.75) is 33.5 Å². The summed E-state index contributed by atoms with van der Waals surface area (Å²) >= 11 is 0. The quantitative estimate of drug-likeness (QED) is 0.372. The highest BCUT2D eigenvalue weighted by atomic mass is 31.1. The Morgan fingerprint density at radius 2 is 1.58 bits per heavy atom. The van der Waals surface area contributed by atoms with Gasteiger partial charge in [0.1, 0.15) is 8.07 Å². The van der Waals surface area contributed by atoms with Gasteiger partial charge >= 0.3 is 0 Å². The monoisotopic (exact) mass is 200 g/mol. The first-order valence-electron chi connectivity index (χ1n) is 4.72. The molecular weight excluding hydrogens is 179 g/mol. The van der Waals surface area contributed by atoms with Crippen molar-refractivity contribution >= 4 is 16.0 Å².